The summed E-state index contributed by atoms with van der Waals surface area (Å²) < 4.78 is 0. The number of rotatable bonds is 6. The summed E-state index contributed by atoms with van der Waals surface area (Å²) in [4.78, 5) is 10.5. The second-order valence-electron chi connectivity index (χ2n) is 6.76. The zero-order chi connectivity index (χ0) is 20.4. The highest BCUT2D eigenvalue weighted by Gasteiger charge is 2.22. The van der Waals surface area contributed by atoms with Crippen molar-refractivity contribution < 1.29 is 0 Å². The number of nitrogens with zero attached hydrogens (tertiary/aromatic N) is 2. The van der Waals surface area contributed by atoms with Gasteiger partial charge in [0, 0.05) is 51.7 Å². The number of hydrogen-bond acceptors (Lipinski definition) is 8. The Morgan fingerprint density at radius 1 is 1.14 bits per heavy atom. The topological polar surface area (TPSA) is 102 Å². The van der Waals surface area contributed by atoms with Gasteiger partial charge in [0.1, 0.15) is 5.82 Å². The van der Waals surface area contributed by atoms with Crippen LogP contribution in [0.3, 0.4) is 0 Å². The maximum atomic E-state index is 5.83. The van der Waals surface area contributed by atoms with Crippen LogP contribution in [-0.4, -0.2) is 28.3 Å². The van der Waals surface area contributed by atoms with Crippen molar-refractivity contribution in [2.75, 3.05) is 18.8 Å². The molecule has 0 atom stereocenters. The third-order valence-corrected chi connectivity index (χ3v) is 6.68. The van der Waals surface area contributed by atoms with E-state index in [4.69, 9.17) is 24.2 Å². The highest BCUT2D eigenvalue weighted by molar-refractivity contribution is 8.00. The number of thioether (sulfide) groups is 1. The second kappa shape index (κ2) is 8.46. The molecule has 3 aromatic rings. The van der Waals surface area contributed by atoms with Gasteiger partial charge in [0.15, 0.2) is 0 Å². The van der Waals surface area contributed by atoms with Crippen LogP contribution in [0.15, 0.2) is 65.2 Å². The molecule has 6 nitrogen and oxygen atoms in total. The van der Waals surface area contributed by atoms with Gasteiger partial charge in [-0.2, -0.15) is 0 Å². The average Bonchev–Trinajstić information content (AvgIpc) is 2.71. The smallest absolute Gasteiger partial charge is 0.123 e. The molecule has 0 spiro atoms. The van der Waals surface area contributed by atoms with Crippen LogP contribution in [0.1, 0.15) is 5.56 Å². The van der Waals surface area contributed by atoms with Crippen LogP contribution < -0.4 is 22.3 Å². The van der Waals surface area contributed by atoms with Gasteiger partial charge in [0.2, 0.25) is 0 Å². The number of nitrogens with two attached hydrogens (primary N) is 2. The van der Waals surface area contributed by atoms with Crippen LogP contribution in [0.2, 0.25) is 0 Å². The summed E-state index contributed by atoms with van der Waals surface area (Å²) in [6, 6.07) is 11.9. The fourth-order valence-corrected chi connectivity index (χ4v) is 4.78. The van der Waals surface area contributed by atoms with E-state index in [1.54, 1.807) is 12.4 Å². The maximum absolute atomic E-state index is 5.83. The quantitative estimate of drug-likeness (QED) is 0.236. The summed E-state index contributed by atoms with van der Waals surface area (Å²) in [7, 11) is 0. The lowest BCUT2D eigenvalue weighted by molar-refractivity contribution is 0.543. The molecule has 4 rings (SSSR count). The Bertz CT molecular complexity index is 1060. The van der Waals surface area contributed by atoms with Gasteiger partial charge in [-0.25, -0.2) is 4.98 Å². The highest BCUT2D eigenvalue weighted by atomic mass is 32.2. The molecule has 0 bridgehead atoms. The monoisotopic (exact) mass is 422 g/mol. The van der Waals surface area contributed by atoms with E-state index >= 15 is 0 Å². The Morgan fingerprint density at radius 3 is 2.59 bits per heavy atom. The third-order valence-electron chi connectivity index (χ3n) is 4.80. The van der Waals surface area contributed by atoms with E-state index in [0.717, 1.165) is 50.8 Å². The Balaban J connectivity index is 1.78. The molecular weight excluding hydrogens is 400 g/mol. The van der Waals surface area contributed by atoms with Crippen LogP contribution in [-0.2, 0) is 0 Å². The minimum absolute atomic E-state index is 0.459. The Kier molecular flexibility index (Phi) is 5.77. The number of aromatic nitrogens is 2. The van der Waals surface area contributed by atoms with Crippen molar-refractivity contribution in [3.05, 3.63) is 60.9 Å². The molecule has 1 aliphatic heterocycles. The molecule has 1 saturated heterocycles. The van der Waals surface area contributed by atoms with Crippen molar-refractivity contribution in [1.82, 2.24) is 20.7 Å². The van der Waals surface area contributed by atoms with Crippen LogP contribution in [0.4, 0.5) is 5.82 Å². The van der Waals surface area contributed by atoms with Crippen LogP contribution in [0.25, 0.3) is 28.1 Å². The van der Waals surface area contributed by atoms with Gasteiger partial charge in [-0.3, -0.25) is 10.8 Å². The first-order valence-electron chi connectivity index (χ1n) is 9.14. The SMILES string of the molecule is C=C(NN)c1c(-c2ccnc(-c3ccnc(N)c3)c2)ccc(SC2CNC2)c1S. The summed E-state index contributed by atoms with van der Waals surface area (Å²) in [5, 5.41) is 3.86. The van der Waals surface area contributed by atoms with Crippen molar-refractivity contribution in [3.63, 3.8) is 0 Å². The number of pyridine rings is 2. The normalized spacial score (nSPS) is 13.7. The van der Waals surface area contributed by atoms with Crippen LogP contribution in [0, 0.1) is 0 Å². The number of thiol groups is 1. The molecule has 1 aliphatic rings. The summed E-state index contributed by atoms with van der Waals surface area (Å²) in [5.74, 6) is 6.17. The van der Waals surface area contributed by atoms with Gasteiger partial charge in [-0.15, -0.1) is 24.4 Å². The summed E-state index contributed by atoms with van der Waals surface area (Å²) in [5.41, 5.74) is 13.7. The maximum Gasteiger partial charge on any atom is 0.123 e. The lowest BCUT2D eigenvalue weighted by Gasteiger charge is -2.27. The molecule has 0 radical (unpaired) electrons. The molecule has 3 heterocycles. The van der Waals surface area contributed by atoms with E-state index in [1.807, 2.05) is 36.0 Å². The summed E-state index contributed by atoms with van der Waals surface area (Å²) in [6.45, 7) is 6.11. The van der Waals surface area contributed by atoms with Crippen molar-refractivity contribution in [2.24, 2.45) is 5.84 Å². The van der Waals surface area contributed by atoms with Gasteiger partial charge in [-0.1, -0.05) is 12.6 Å². The van der Waals surface area contributed by atoms with Gasteiger partial charge in [-0.05, 0) is 41.5 Å². The summed E-state index contributed by atoms with van der Waals surface area (Å²) in [6.07, 6.45) is 3.46. The molecule has 0 aliphatic carbocycles. The van der Waals surface area contributed by atoms with E-state index in [9.17, 15) is 0 Å². The third kappa shape index (κ3) is 4.11. The first-order valence-corrected chi connectivity index (χ1v) is 10.5. The second-order valence-corrected chi connectivity index (χ2v) is 8.54. The molecule has 1 fully saturated rings. The van der Waals surface area contributed by atoms with Crippen molar-refractivity contribution >= 4 is 35.9 Å². The van der Waals surface area contributed by atoms with Crippen LogP contribution in [0.5, 0.6) is 0 Å². The number of anilines is 1. The summed E-state index contributed by atoms with van der Waals surface area (Å²) >= 11 is 6.66. The lowest BCUT2D eigenvalue weighted by atomic mass is 9.97. The highest BCUT2D eigenvalue weighted by Crippen LogP contribution is 2.40. The van der Waals surface area contributed by atoms with Gasteiger partial charge >= 0.3 is 0 Å². The molecular formula is C21H22N6S2. The molecule has 6 N–H and O–H groups in total. The fourth-order valence-electron chi connectivity index (χ4n) is 3.17. The molecule has 0 amide bonds. The lowest BCUT2D eigenvalue weighted by Crippen LogP contribution is -2.44. The molecule has 0 unspecified atom stereocenters. The van der Waals surface area contributed by atoms with E-state index < -0.39 is 0 Å². The minimum Gasteiger partial charge on any atom is -0.384 e. The van der Waals surface area contributed by atoms with Crippen molar-refractivity contribution in [1.29, 1.82) is 0 Å². The Morgan fingerprint density at radius 2 is 1.90 bits per heavy atom. The Labute approximate surface area is 179 Å². The number of benzene rings is 1. The van der Waals surface area contributed by atoms with E-state index in [2.05, 4.69) is 39.4 Å². The first kappa shape index (κ1) is 19.8. The van der Waals surface area contributed by atoms with Gasteiger partial charge in [0.25, 0.3) is 0 Å². The number of nitrogens with one attached hydrogen (secondary N) is 2. The molecule has 0 saturated carbocycles. The predicted molar refractivity (Wildman–Crippen MR) is 123 cm³/mol. The Hall–Kier alpha value is -2.52. The molecule has 1 aromatic carbocycles. The fraction of sp³-hybridized carbons (Fsp3) is 0.143. The molecule has 8 heteroatoms. The van der Waals surface area contributed by atoms with E-state index in [0.29, 0.717) is 16.8 Å². The number of nitrogen functional groups attached to an aromatic ring is 1. The number of hydrazine groups is 1. The van der Waals surface area contributed by atoms with Crippen molar-refractivity contribution in [2.45, 2.75) is 15.0 Å². The standard InChI is InChI=1S/C21H22N6S2/c1-12(27-23)20-16(2-3-18(21(20)28)29-15-10-24-11-15)13-4-6-25-17(8-13)14-5-7-26-19(22)9-14/h2-9,15,24,27-28H,1,10-11,23H2,(H2,22,26). The van der Waals surface area contributed by atoms with Crippen molar-refractivity contribution in [3.8, 4) is 22.4 Å². The molecule has 148 valence electrons. The zero-order valence-electron chi connectivity index (χ0n) is 15.7. The minimum atomic E-state index is 0.459. The predicted octanol–water partition coefficient (Wildman–Crippen LogP) is 3.18. The van der Waals surface area contributed by atoms with E-state index in [-0.39, 0.29) is 0 Å². The van der Waals surface area contributed by atoms with Gasteiger partial charge < -0.3 is 16.5 Å². The molecule has 29 heavy (non-hydrogen) atoms. The average molecular weight is 423 g/mol. The van der Waals surface area contributed by atoms with Gasteiger partial charge in [0.05, 0.1) is 11.4 Å². The van der Waals surface area contributed by atoms with E-state index in [1.165, 1.54) is 0 Å². The largest absolute Gasteiger partial charge is 0.384 e. The van der Waals surface area contributed by atoms with Crippen LogP contribution >= 0.6 is 24.4 Å². The zero-order valence-corrected chi connectivity index (χ0v) is 17.4. The number of hydrogen-bond donors (Lipinski definition) is 5. The first-order chi connectivity index (χ1) is 14.1. The molecule has 2 aromatic heterocycles.